The van der Waals surface area contributed by atoms with Gasteiger partial charge in [0.15, 0.2) is 0 Å². The third kappa shape index (κ3) is 3.27. The van der Waals surface area contributed by atoms with Crippen molar-refractivity contribution >= 4 is 11.7 Å². The van der Waals surface area contributed by atoms with Gasteiger partial charge in [-0.25, -0.2) is 0 Å². The molecule has 1 rings (SSSR count). The van der Waals surface area contributed by atoms with Crippen LogP contribution < -0.4 is 5.32 Å². The molecule has 0 saturated carbocycles. The van der Waals surface area contributed by atoms with Crippen molar-refractivity contribution in [2.45, 2.75) is 26.2 Å². The van der Waals surface area contributed by atoms with E-state index in [1.54, 1.807) is 6.92 Å². The second kappa shape index (κ2) is 5.39. The second-order valence-electron chi connectivity index (χ2n) is 3.61. The fourth-order valence-electron chi connectivity index (χ4n) is 1.30. The zero-order chi connectivity index (χ0) is 11.3. The molecule has 3 heteroatoms. The number of carboxylic acids is 1. The van der Waals surface area contributed by atoms with Crippen molar-refractivity contribution in [3.8, 4) is 0 Å². The number of anilines is 1. The summed E-state index contributed by atoms with van der Waals surface area (Å²) in [6.45, 7) is 4.73. The zero-order valence-electron chi connectivity index (χ0n) is 9.16. The number of rotatable bonds is 5. The Morgan fingerprint density at radius 3 is 2.47 bits per heavy atom. The summed E-state index contributed by atoms with van der Waals surface area (Å²) < 4.78 is 0. The van der Waals surface area contributed by atoms with E-state index < -0.39 is 11.9 Å². The van der Waals surface area contributed by atoms with Crippen LogP contribution in [0.5, 0.6) is 0 Å². The zero-order valence-corrected chi connectivity index (χ0v) is 9.16. The van der Waals surface area contributed by atoms with Gasteiger partial charge in [-0.2, -0.15) is 0 Å². The number of hydrogen-bond donors (Lipinski definition) is 2. The molecule has 0 aliphatic carbocycles. The van der Waals surface area contributed by atoms with Crippen LogP contribution >= 0.6 is 0 Å². The van der Waals surface area contributed by atoms with Crippen LogP contribution in [0.1, 0.15) is 31.7 Å². The molecule has 1 atom stereocenters. The van der Waals surface area contributed by atoms with E-state index >= 15 is 0 Å². The molecule has 1 aromatic carbocycles. The molecular formula is C12H17NO2. The van der Waals surface area contributed by atoms with Crippen LogP contribution in [0.25, 0.3) is 0 Å². The number of hydrogen-bond acceptors (Lipinski definition) is 2. The number of carboxylic acid groups (broad SMARTS) is 1. The van der Waals surface area contributed by atoms with Crippen molar-refractivity contribution in [1.29, 1.82) is 0 Å². The molecule has 0 radical (unpaired) electrons. The maximum absolute atomic E-state index is 10.7. The van der Waals surface area contributed by atoms with Crippen LogP contribution in [0.4, 0.5) is 5.69 Å². The van der Waals surface area contributed by atoms with E-state index in [-0.39, 0.29) is 0 Å². The van der Waals surface area contributed by atoms with Gasteiger partial charge in [-0.1, -0.05) is 19.1 Å². The highest BCUT2D eigenvalue weighted by molar-refractivity contribution is 5.75. The van der Waals surface area contributed by atoms with Crippen LogP contribution in [-0.4, -0.2) is 17.6 Å². The smallest absolute Gasteiger partial charge is 0.310 e. The van der Waals surface area contributed by atoms with Crippen LogP contribution in [0.3, 0.4) is 0 Å². The Kier molecular flexibility index (Phi) is 4.16. The predicted octanol–water partition coefficient (Wildman–Crippen LogP) is 2.70. The highest BCUT2D eigenvalue weighted by Crippen LogP contribution is 2.17. The summed E-state index contributed by atoms with van der Waals surface area (Å²) in [6.07, 6.45) is 1.08. The van der Waals surface area contributed by atoms with E-state index in [2.05, 4.69) is 12.2 Å². The molecule has 0 aromatic heterocycles. The lowest BCUT2D eigenvalue weighted by Gasteiger charge is -2.08. The Labute approximate surface area is 90.1 Å². The van der Waals surface area contributed by atoms with Crippen molar-refractivity contribution in [2.75, 3.05) is 11.9 Å². The van der Waals surface area contributed by atoms with E-state index in [4.69, 9.17) is 5.11 Å². The van der Waals surface area contributed by atoms with E-state index in [0.29, 0.717) is 0 Å². The molecule has 0 spiro atoms. The minimum Gasteiger partial charge on any atom is -0.481 e. The van der Waals surface area contributed by atoms with E-state index in [0.717, 1.165) is 24.2 Å². The van der Waals surface area contributed by atoms with Crippen molar-refractivity contribution in [1.82, 2.24) is 0 Å². The first-order chi connectivity index (χ1) is 7.15. The molecule has 3 nitrogen and oxygen atoms in total. The lowest BCUT2D eigenvalue weighted by atomic mass is 10.0. The van der Waals surface area contributed by atoms with Crippen LogP contribution in [0, 0.1) is 0 Å². The summed E-state index contributed by atoms with van der Waals surface area (Å²) in [5.41, 5.74) is 1.88. The van der Waals surface area contributed by atoms with Gasteiger partial charge in [0.2, 0.25) is 0 Å². The molecule has 15 heavy (non-hydrogen) atoms. The molecule has 2 N–H and O–H groups in total. The fraction of sp³-hybridized carbons (Fsp3) is 0.417. The first kappa shape index (κ1) is 11.6. The van der Waals surface area contributed by atoms with Crippen LogP contribution in [0.15, 0.2) is 24.3 Å². The van der Waals surface area contributed by atoms with Gasteiger partial charge in [-0.3, -0.25) is 4.79 Å². The maximum Gasteiger partial charge on any atom is 0.310 e. The highest BCUT2D eigenvalue weighted by Gasteiger charge is 2.12. The SMILES string of the molecule is CCCNc1ccc(C(C)C(=O)O)cc1. The molecule has 0 heterocycles. The molecule has 0 fully saturated rings. The van der Waals surface area contributed by atoms with Crippen molar-refractivity contribution in [3.05, 3.63) is 29.8 Å². The van der Waals surface area contributed by atoms with Crippen LogP contribution in [-0.2, 0) is 4.79 Å². The molecule has 0 saturated heterocycles. The van der Waals surface area contributed by atoms with E-state index in [1.165, 1.54) is 0 Å². The van der Waals surface area contributed by atoms with Gasteiger partial charge in [-0.05, 0) is 31.0 Å². The summed E-state index contributed by atoms with van der Waals surface area (Å²) in [5, 5.41) is 12.1. The van der Waals surface area contributed by atoms with Gasteiger partial charge in [-0.15, -0.1) is 0 Å². The number of aliphatic carboxylic acids is 1. The minimum atomic E-state index is -0.788. The molecule has 0 amide bonds. The van der Waals surface area contributed by atoms with Crippen molar-refractivity contribution in [2.24, 2.45) is 0 Å². The van der Waals surface area contributed by atoms with Gasteiger partial charge < -0.3 is 10.4 Å². The lowest BCUT2D eigenvalue weighted by Crippen LogP contribution is -2.07. The van der Waals surface area contributed by atoms with Gasteiger partial charge >= 0.3 is 5.97 Å². The molecule has 1 aromatic rings. The third-order valence-corrected chi connectivity index (χ3v) is 2.36. The lowest BCUT2D eigenvalue weighted by molar-refractivity contribution is -0.138. The van der Waals surface area contributed by atoms with Gasteiger partial charge in [0, 0.05) is 12.2 Å². The highest BCUT2D eigenvalue weighted by atomic mass is 16.4. The molecule has 0 bridgehead atoms. The summed E-state index contributed by atoms with van der Waals surface area (Å²) in [6, 6.07) is 7.56. The first-order valence-electron chi connectivity index (χ1n) is 5.21. The number of benzene rings is 1. The molecule has 0 aliphatic heterocycles. The third-order valence-electron chi connectivity index (χ3n) is 2.36. The largest absolute Gasteiger partial charge is 0.481 e. The summed E-state index contributed by atoms with van der Waals surface area (Å²) in [5.74, 6) is -1.23. The van der Waals surface area contributed by atoms with Crippen molar-refractivity contribution < 1.29 is 9.90 Å². The Balaban J connectivity index is 2.67. The quantitative estimate of drug-likeness (QED) is 0.780. The molecular weight excluding hydrogens is 190 g/mol. The number of carbonyl (C=O) groups is 1. The average Bonchev–Trinajstić information content (AvgIpc) is 2.26. The Morgan fingerprint density at radius 1 is 1.40 bits per heavy atom. The topological polar surface area (TPSA) is 49.3 Å². The standard InChI is InChI=1S/C12H17NO2/c1-3-8-13-11-6-4-10(5-7-11)9(2)12(14)15/h4-7,9,13H,3,8H2,1-2H3,(H,14,15). The second-order valence-corrected chi connectivity index (χ2v) is 3.61. The van der Waals surface area contributed by atoms with Gasteiger partial charge in [0.25, 0.3) is 0 Å². The van der Waals surface area contributed by atoms with E-state index in [9.17, 15) is 4.79 Å². The summed E-state index contributed by atoms with van der Waals surface area (Å²) >= 11 is 0. The fourth-order valence-corrected chi connectivity index (χ4v) is 1.30. The van der Waals surface area contributed by atoms with Crippen LogP contribution in [0.2, 0.25) is 0 Å². The summed E-state index contributed by atoms with van der Waals surface area (Å²) in [4.78, 5) is 10.7. The predicted molar refractivity (Wildman–Crippen MR) is 61.3 cm³/mol. The molecule has 82 valence electrons. The molecule has 1 unspecified atom stereocenters. The normalized spacial score (nSPS) is 12.1. The Bertz CT molecular complexity index is 319. The van der Waals surface area contributed by atoms with Gasteiger partial charge in [0.1, 0.15) is 0 Å². The van der Waals surface area contributed by atoms with Gasteiger partial charge in [0.05, 0.1) is 5.92 Å². The molecule has 0 aliphatic rings. The number of nitrogens with one attached hydrogen (secondary N) is 1. The van der Waals surface area contributed by atoms with E-state index in [1.807, 2.05) is 24.3 Å². The monoisotopic (exact) mass is 207 g/mol. The average molecular weight is 207 g/mol. The Hall–Kier alpha value is -1.51. The minimum absolute atomic E-state index is 0.440. The first-order valence-corrected chi connectivity index (χ1v) is 5.21. The Morgan fingerprint density at radius 2 is 2.00 bits per heavy atom. The maximum atomic E-state index is 10.7. The van der Waals surface area contributed by atoms with Crippen molar-refractivity contribution in [3.63, 3.8) is 0 Å². The summed E-state index contributed by atoms with van der Waals surface area (Å²) in [7, 11) is 0.